The topological polar surface area (TPSA) is 37.4 Å². The largest absolute Gasteiger partial charge is 0.243 e. The summed E-state index contributed by atoms with van der Waals surface area (Å²) < 4.78 is 26.1. The van der Waals surface area contributed by atoms with Gasteiger partial charge in [0.2, 0.25) is 10.0 Å². The van der Waals surface area contributed by atoms with Gasteiger partial charge in [-0.05, 0) is 47.0 Å². The minimum absolute atomic E-state index is 0.223. The monoisotopic (exact) mass is 315 g/mol. The molecule has 0 radical (unpaired) electrons. The summed E-state index contributed by atoms with van der Waals surface area (Å²) in [7, 11) is -1.93. The van der Waals surface area contributed by atoms with Gasteiger partial charge >= 0.3 is 0 Å². The Morgan fingerprint density at radius 3 is 2.63 bits per heavy atom. The lowest BCUT2D eigenvalue weighted by molar-refractivity contribution is 0.467. The fourth-order valence-corrected chi connectivity index (χ4v) is 3.73. The number of thiophene rings is 1. The average Bonchev–Trinajstić information content (AvgIpc) is 2.85. The molecule has 0 bridgehead atoms. The standard InChI is InChI=1S/C13H14ClNO2S2/c1-10-3-4-12(7-13(10)14)19(16,17)15(2)8-11-5-6-18-9-11/h3-7,9H,8H2,1-2H3. The zero-order valence-electron chi connectivity index (χ0n) is 10.6. The molecule has 1 aromatic heterocycles. The molecule has 0 atom stereocenters. The lowest BCUT2D eigenvalue weighted by Gasteiger charge is -2.17. The molecule has 0 fully saturated rings. The second kappa shape index (κ2) is 5.63. The quantitative estimate of drug-likeness (QED) is 0.865. The Morgan fingerprint density at radius 2 is 2.05 bits per heavy atom. The molecule has 0 aliphatic rings. The van der Waals surface area contributed by atoms with Gasteiger partial charge in [-0.25, -0.2) is 8.42 Å². The van der Waals surface area contributed by atoms with Crippen LogP contribution in [0.4, 0.5) is 0 Å². The summed E-state index contributed by atoms with van der Waals surface area (Å²) in [6, 6.07) is 6.71. The van der Waals surface area contributed by atoms with E-state index < -0.39 is 10.0 Å². The van der Waals surface area contributed by atoms with E-state index in [1.165, 1.54) is 10.4 Å². The molecule has 102 valence electrons. The maximum Gasteiger partial charge on any atom is 0.243 e. The lowest BCUT2D eigenvalue weighted by Crippen LogP contribution is -2.26. The Kier molecular flexibility index (Phi) is 4.30. The van der Waals surface area contributed by atoms with E-state index in [2.05, 4.69) is 0 Å². The molecule has 1 heterocycles. The van der Waals surface area contributed by atoms with Crippen molar-refractivity contribution in [2.45, 2.75) is 18.4 Å². The number of benzene rings is 1. The van der Waals surface area contributed by atoms with Gasteiger partial charge in [0.05, 0.1) is 4.90 Å². The van der Waals surface area contributed by atoms with Crippen molar-refractivity contribution in [2.24, 2.45) is 0 Å². The van der Waals surface area contributed by atoms with Crippen molar-refractivity contribution >= 4 is 33.0 Å². The molecule has 0 saturated carbocycles. The fourth-order valence-electron chi connectivity index (χ4n) is 1.64. The molecule has 0 spiro atoms. The minimum Gasteiger partial charge on any atom is -0.207 e. The number of hydrogen-bond donors (Lipinski definition) is 0. The maximum atomic E-state index is 12.4. The predicted molar refractivity (Wildman–Crippen MR) is 79.2 cm³/mol. The van der Waals surface area contributed by atoms with Gasteiger partial charge in [0.25, 0.3) is 0 Å². The first-order valence-corrected chi connectivity index (χ1v) is 8.41. The van der Waals surface area contributed by atoms with Gasteiger partial charge in [0, 0.05) is 18.6 Å². The summed E-state index contributed by atoms with van der Waals surface area (Å²) in [4.78, 5) is 0.223. The predicted octanol–water partition coefficient (Wildman–Crippen LogP) is 3.53. The normalized spacial score (nSPS) is 12.0. The van der Waals surface area contributed by atoms with Crippen LogP contribution in [0.3, 0.4) is 0 Å². The Hall–Kier alpha value is -0.880. The third-order valence-electron chi connectivity index (χ3n) is 2.84. The van der Waals surface area contributed by atoms with Crippen molar-refractivity contribution in [3.8, 4) is 0 Å². The van der Waals surface area contributed by atoms with Crippen molar-refractivity contribution < 1.29 is 8.42 Å². The molecule has 2 rings (SSSR count). The van der Waals surface area contributed by atoms with Crippen LogP contribution in [0.5, 0.6) is 0 Å². The van der Waals surface area contributed by atoms with Gasteiger partial charge in [-0.15, -0.1) is 0 Å². The highest BCUT2D eigenvalue weighted by atomic mass is 35.5. The Morgan fingerprint density at radius 1 is 1.32 bits per heavy atom. The summed E-state index contributed by atoms with van der Waals surface area (Å²) in [5.74, 6) is 0. The van der Waals surface area contributed by atoms with E-state index in [1.807, 2.05) is 23.8 Å². The van der Waals surface area contributed by atoms with Crippen LogP contribution in [0.1, 0.15) is 11.1 Å². The van der Waals surface area contributed by atoms with Crippen LogP contribution in [0.2, 0.25) is 5.02 Å². The van der Waals surface area contributed by atoms with Gasteiger partial charge in [-0.1, -0.05) is 17.7 Å². The van der Waals surface area contributed by atoms with Crippen LogP contribution in [-0.4, -0.2) is 19.8 Å². The van der Waals surface area contributed by atoms with Crippen LogP contribution in [0, 0.1) is 6.92 Å². The zero-order chi connectivity index (χ0) is 14.0. The van der Waals surface area contributed by atoms with Crippen molar-refractivity contribution in [3.63, 3.8) is 0 Å². The first kappa shape index (κ1) is 14.5. The number of rotatable bonds is 4. The van der Waals surface area contributed by atoms with E-state index in [0.717, 1.165) is 11.1 Å². The zero-order valence-corrected chi connectivity index (χ0v) is 13.0. The number of nitrogens with zero attached hydrogens (tertiary/aromatic N) is 1. The highest BCUT2D eigenvalue weighted by Gasteiger charge is 2.21. The molecular formula is C13H14ClNO2S2. The molecule has 6 heteroatoms. The van der Waals surface area contributed by atoms with Gasteiger partial charge in [-0.2, -0.15) is 15.6 Å². The van der Waals surface area contributed by atoms with E-state index in [0.29, 0.717) is 11.6 Å². The number of aryl methyl sites for hydroxylation is 1. The smallest absolute Gasteiger partial charge is 0.207 e. The summed E-state index contributed by atoms with van der Waals surface area (Å²) in [6.07, 6.45) is 0. The van der Waals surface area contributed by atoms with Crippen molar-refractivity contribution in [1.29, 1.82) is 0 Å². The van der Waals surface area contributed by atoms with E-state index in [4.69, 9.17) is 11.6 Å². The molecule has 0 aliphatic heterocycles. The van der Waals surface area contributed by atoms with Crippen molar-refractivity contribution in [2.75, 3.05) is 7.05 Å². The fraction of sp³-hybridized carbons (Fsp3) is 0.231. The molecule has 1 aromatic carbocycles. The van der Waals surface area contributed by atoms with Gasteiger partial charge in [0.1, 0.15) is 0 Å². The van der Waals surface area contributed by atoms with Crippen LogP contribution in [0.25, 0.3) is 0 Å². The van der Waals surface area contributed by atoms with Crippen LogP contribution < -0.4 is 0 Å². The second-order valence-electron chi connectivity index (χ2n) is 4.30. The second-order valence-corrected chi connectivity index (χ2v) is 7.54. The molecule has 0 saturated heterocycles. The summed E-state index contributed by atoms with van der Waals surface area (Å²) in [6.45, 7) is 2.20. The molecule has 2 aromatic rings. The maximum absolute atomic E-state index is 12.4. The van der Waals surface area contributed by atoms with E-state index in [-0.39, 0.29) is 4.90 Å². The highest BCUT2D eigenvalue weighted by molar-refractivity contribution is 7.89. The van der Waals surface area contributed by atoms with Crippen LogP contribution in [-0.2, 0) is 16.6 Å². The number of sulfonamides is 1. The molecule has 3 nitrogen and oxygen atoms in total. The molecule has 0 aliphatic carbocycles. The minimum atomic E-state index is -3.50. The number of halogens is 1. The highest BCUT2D eigenvalue weighted by Crippen LogP contribution is 2.23. The van der Waals surface area contributed by atoms with Crippen LogP contribution in [0.15, 0.2) is 39.9 Å². The first-order chi connectivity index (χ1) is 8.91. The summed E-state index contributed by atoms with van der Waals surface area (Å²) in [5, 5.41) is 4.33. The Labute approximate surface area is 122 Å². The van der Waals surface area contributed by atoms with E-state index >= 15 is 0 Å². The third kappa shape index (κ3) is 3.17. The van der Waals surface area contributed by atoms with Crippen molar-refractivity contribution in [1.82, 2.24) is 4.31 Å². The van der Waals surface area contributed by atoms with E-state index in [1.54, 1.807) is 30.5 Å². The molecule has 19 heavy (non-hydrogen) atoms. The molecule has 0 unspecified atom stereocenters. The van der Waals surface area contributed by atoms with Crippen LogP contribution >= 0.6 is 22.9 Å². The van der Waals surface area contributed by atoms with E-state index in [9.17, 15) is 8.42 Å². The van der Waals surface area contributed by atoms with Crippen molar-refractivity contribution in [3.05, 3.63) is 51.2 Å². The summed E-state index contributed by atoms with van der Waals surface area (Å²) in [5.41, 5.74) is 1.84. The Balaban J connectivity index is 2.28. The summed E-state index contributed by atoms with van der Waals surface area (Å²) >= 11 is 7.54. The SMILES string of the molecule is Cc1ccc(S(=O)(=O)N(C)Cc2ccsc2)cc1Cl. The average molecular weight is 316 g/mol. The third-order valence-corrected chi connectivity index (χ3v) is 5.78. The van der Waals surface area contributed by atoms with Gasteiger partial charge < -0.3 is 0 Å². The first-order valence-electron chi connectivity index (χ1n) is 5.65. The molecular weight excluding hydrogens is 302 g/mol. The van der Waals surface area contributed by atoms with Gasteiger partial charge in [0.15, 0.2) is 0 Å². The molecule has 0 amide bonds. The number of hydrogen-bond acceptors (Lipinski definition) is 3. The molecule has 0 N–H and O–H groups in total. The van der Waals surface area contributed by atoms with Gasteiger partial charge in [-0.3, -0.25) is 0 Å². The Bertz CT molecular complexity index is 666. The lowest BCUT2D eigenvalue weighted by atomic mass is 10.2.